The van der Waals surface area contributed by atoms with Crippen molar-refractivity contribution in [1.29, 1.82) is 0 Å². The van der Waals surface area contributed by atoms with Gasteiger partial charge in [-0.25, -0.2) is 0 Å². The van der Waals surface area contributed by atoms with Crippen LogP contribution in [-0.2, 0) is 4.79 Å². The van der Waals surface area contributed by atoms with E-state index in [0.29, 0.717) is 13.0 Å². The molecule has 0 bridgehead atoms. The normalized spacial score (nSPS) is 9.56. The zero-order chi connectivity index (χ0) is 7.11. The second kappa shape index (κ2) is 5.76. The van der Waals surface area contributed by atoms with Crippen molar-refractivity contribution in [2.24, 2.45) is 0 Å². The molecule has 0 unspecified atom stereocenters. The highest BCUT2D eigenvalue weighted by molar-refractivity contribution is 5.84. The van der Waals surface area contributed by atoms with Gasteiger partial charge in [0.15, 0.2) is 5.78 Å². The Bertz CT molecular complexity index is 79.0. The minimum Gasteiger partial charge on any atom is -0.382 e. The van der Waals surface area contributed by atoms with Crippen molar-refractivity contribution in [2.45, 2.75) is 32.6 Å². The lowest BCUT2D eigenvalue weighted by Crippen LogP contribution is -1.96. The standard InChI is InChI=1S/C7H13O2/c1-2-3-4-5-7(9)6-8/h6,8H,2-5H2,1H3. The summed E-state index contributed by atoms with van der Waals surface area (Å²) >= 11 is 0. The van der Waals surface area contributed by atoms with Gasteiger partial charge in [-0.05, 0) is 6.42 Å². The van der Waals surface area contributed by atoms with Crippen LogP contribution in [0.15, 0.2) is 0 Å². The summed E-state index contributed by atoms with van der Waals surface area (Å²) < 4.78 is 0. The molecule has 0 rings (SSSR count). The van der Waals surface area contributed by atoms with E-state index in [0.717, 1.165) is 19.3 Å². The Kier molecular flexibility index (Phi) is 5.52. The van der Waals surface area contributed by atoms with Crippen LogP contribution >= 0.6 is 0 Å². The van der Waals surface area contributed by atoms with Crippen molar-refractivity contribution in [3.05, 3.63) is 6.61 Å². The summed E-state index contributed by atoms with van der Waals surface area (Å²) in [7, 11) is 0. The molecule has 0 spiro atoms. The van der Waals surface area contributed by atoms with E-state index in [2.05, 4.69) is 6.92 Å². The number of aliphatic hydroxyl groups is 1. The Morgan fingerprint density at radius 1 is 1.56 bits per heavy atom. The summed E-state index contributed by atoms with van der Waals surface area (Å²) in [6, 6.07) is 0. The minimum atomic E-state index is -0.163. The zero-order valence-electron chi connectivity index (χ0n) is 5.76. The van der Waals surface area contributed by atoms with Gasteiger partial charge in [-0.2, -0.15) is 0 Å². The van der Waals surface area contributed by atoms with E-state index in [1.165, 1.54) is 0 Å². The second-order valence-electron chi connectivity index (χ2n) is 2.05. The van der Waals surface area contributed by atoms with Crippen LogP contribution in [-0.4, -0.2) is 10.9 Å². The van der Waals surface area contributed by atoms with Crippen LogP contribution in [0.3, 0.4) is 0 Å². The third-order valence-electron chi connectivity index (χ3n) is 1.17. The summed E-state index contributed by atoms with van der Waals surface area (Å²) in [5, 5.41) is 8.16. The minimum absolute atomic E-state index is 0.163. The summed E-state index contributed by atoms with van der Waals surface area (Å²) in [4.78, 5) is 10.4. The highest BCUT2D eigenvalue weighted by atomic mass is 16.3. The fourth-order valence-electron chi connectivity index (χ4n) is 0.614. The van der Waals surface area contributed by atoms with Gasteiger partial charge in [-0.3, -0.25) is 4.79 Å². The predicted molar refractivity (Wildman–Crippen MR) is 35.4 cm³/mol. The van der Waals surface area contributed by atoms with Gasteiger partial charge in [-0.1, -0.05) is 19.8 Å². The highest BCUT2D eigenvalue weighted by Gasteiger charge is 1.97. The summed E-state index contributed by atoms with van der Waals surface area (Å²) in [6.45, 7) is 2.72. The van der Waals surface area contributed by atoms with Crippen LogP contribution in [0.25, 0.3) is 0 Å². The van der Waals surface area contributed by atoms with Crippen molar-refractivity contribution in [3.8, 4) is 0 Å². The van der Waals surface area contributed by atoms with Crippen LogP contribution in [0.4, 0.5) is 0 Å². The number of Topliss-reactive ketones (excluding diaryl/α,β-unsaturated/α-hetero) is 1. The first-order valence-electron chi connectivity index (χ1n) is 3.31. The van der Waals surface area contributed by atoms with Gasteiger partial charge in [0.1, 0.15) is 6.61 Å². The van der Waals surface area contributed by atoms with E-state index >= 15 is 0 Å². The predicted octanol–water partition coefficient (Wildman–Crippen LogP) is 1.67. The van der Waals surface area contributed by atoms with E-state index in [1.54, 1.807) is 0 Å². The Morgan fingerprint density at radius 3 is 2.67 bits per heavy atom. The van der Waals surface area contributed by atoms with Crippen LogP contribution in [0.5, 0.6) is 0 Å². The largest absolute Gasteiger partial charge is 0.382 e. The monoisotopic (exact) mass is 129 g/mol. The highest BCUT2D eigenvalue weighted by Crippen LogP contribution is 1.99. The molecule has 0 heterocycles. The van der Waals surface area contributed by atoms with Crippen LogP contribution in [0, 0.1) is 6.61 Å². The number of rotatable bonds is 5. The Labute approximate surface area is 55.9 Å². The maximum Gasteiger partial charge on any atom is 0.164 e. The lowest BCUT2D eigenvalue weighted by molar-refractivity contribution is -0.118. The van der Waals surface area contributed by atoms with Crippen molar-refractivity contribution in [1.82, 2.24) is 0 Å². The maximum absolute atomic E-state index is 10.4. The molecule has 0 saturated carbocycles. The number of ketones is 1. The van der Waals surface area contributed by atoms with Crippen molar-refractivity contribution >= 4 is 5.78 Å². The first-order chi connectivity index (χ1) is 4.31. The Morgan fingerprint density at radius 2 is 2.22 bits per heavy atom. The average Bonchev–Trinajstić information content (AvgIpc) is 1.89. The van der Waals surface area contributed by atoms with Crippen molar-refractivity contribution in [2.75, 3.05) is 0 Å². The lowest BCUT2D eigenvalue weighted by atomic mass is 10.1. The van der Waals surface area contributed by atoms with Gasteiger partial charge in [0.2, 0.25) is 0 Å². The molecule has 2 heteroatoms. The molecule has 0 aromatic rings. The molecule has 1 N–H and O–H groups in total. The van der Waals surface area contributed by atoms with Crippen molar-refractivity contribution < 1.29 is 9.90 Å². The summed E-state index contributed by atoms with van der Waals surface area (Å²) in [5.74, 6) is -0.163. The van der Waals surface area contributed by atoms with Crippen LogP contribution in [0.1, 0.15) is 32.6 Å². The fraction of sp³-hybridized carbons (Fsp3) is 0.714. The molecule has 9 heavy (non-hydrogen) atoms. The molecule has 0 aliphatic rings. The SMILES string of the molecule is CCCCCC(=O)[CH]O. The molecular weight excluding hydrogens is 116 g/mol. The summed E-state index contributed by atoms with van der Waals surface area (Å²) in [6.07, 6.45) is 3.56. The summed E-state index contributed by atoms with van der Waals surface area (Å²) in [5.41, 5.74) is 0. The molecule has 0 aromatic carbocycles. The third-order valence-corrected chi connectivity index (χ3v) is 1.17. The third kappa shape index (κ3) is 5.50. The molecule has 0 saturated heterocycles. The van der Waals surface area contributed by atoms with E-state index in [-0.39, 0.29) is 5.78 Å². The zero-order valence-corrected chi connectivity index (χ0v) is 5.76. The number of aliphatic hydroxyl groups excluding tert-OH is 1. The van der Waals surface area contributed by atoms with Gasteiger partial charge in [0.05, 0.1) is 0 Å². The van der Waals surface area contributed by atoms with Gasteiger partial charge in [0, 0.05) is 6.42 Å². The number of unbranched alkanes of at least 4 members (excludes halogenated alkanes) is 2. The molecule has 0 aliphatic carbocycles. The average molecular weight is 129 g/mol. The first kappa shape index (κ1) is 8.63. The van der Waals surface area contributed by atoms with Crippen molar-refractivity contribution in [3.63, 3.8) is 0 Å². The van der Waals surface area contributed by atoms with E-state index in [9.17, 15) is 4.79 Å². The van der Waals surface area contributed by atoms with Gasteiger partial charge >= 0.3 is 0 Å². The Hall–Kier alpha value is -0.370. The second-order valence-corrected chi connectivity index (χ2v) is 2.05. The molecular formula is C7H13O2. The molecule has 1 radical (unpaired) electrons. The Balaban J connectivity index is 2.97. The van der Waals surface area contributed by atoms with Gasteiger partial charge < -0.3 is 5.11 Å². The fourth-order valence-corrected chi connectivity index (χ4v) is 0.614. The van der Waals surface area contributed by atoms with E-state index in [1.807, 2.05) is 0 Å². The lowest BCUT2D eigenvalue weighted by Gasteiger charge is -1.93. The van der Waals surface area contributed by atoms with Crippen LogP contribution < -0.4 is 0 Å². The first-order valence-corrected chi connectivity index (χ1v) is 3.31. The molecule has 2 nitrogen and oxygen atoms in total. The van der Waals surface area contributed by atoms with Crippen LogP contribution in [0.2, 0.25) is 0 Å². The number of carbonyl (C=O) groups is 1. The smallest absolute Gasteiger partial charge is 0.164 e. The quantitative estimate of drug-likeness (QED) is 0.573. The number of carbonyl (C=O) groups excluding carboxylic acids is 1. The molecule has 0 fully saturated rings. The molecule has 53 valence electrons. The van der Waals surface area contributed by atoms with E-state index in [4.69, 9.17) is 5.11 Å². The molecule has 0 amide bonds. The maximum atomic E-state index is 10.4. The molecule has 0 aromatic heterocycles. The topological polar surface area (TPSA) is 37.3 Å². The van der Waals surface area contributed by atoms with Gasteiger partial charge in [0.25, 0.3) is 0 Å². The molecule has 0 atom stereocenters. The number of hydrogen-bond acceptors (Lipinski definition) is 2. The van der Waals surface area contributed by atoms with Gasteiger partial charge in [-0.15, -0.1) is 0 Å². The van der Waals surface area contributed by atoms with E-state index < -0.39 is 0 Å². The number of hydrogen-bond donors (Lipinski definition) is 1. The molecule has 0 aliphatic heterocycles.